The average Bonchev–Trinajstić information content (AvgIpc) is 3.75. The molecule has 0 atom stereocenters. The van der Waals surface area contributed by atoms with E-state index in [2.05, 4.69) is 73.9 Å². The maximum atomic E-state index is 5.21. The van der Waals surface area contributed by atoms with E-state index in [1.54, 1.807) is 0 Å². The molecule has 0 N–H and O–H groups in total. The van der Waals surface area contributed by atoms with E-state index < -0.39 is 0 Å². The predicted octanol–water partition coefficient (Wildman–Crippen LogP) is 7.83. The van der Waals surface area contributed by atoms with E-state index in [1.807, 2.05) is 0 Å². The Morgan fingerprint density at radius 3 is 2.08 bits per heavy atom. The van der Waals surface area contributed by atoms with Crippen LogP contribution in [0, 0.1) is 17.8 Å². The SMILES string of the molecule is CC1(C)CCC(C)(C)c2cc(-c3cccc(N4CCC(C5CCN(CCC6CC6)CC5)CC4)n3)ccc21. The first-order valence-corrected chi connectivity index (χ1v) is 15.4. The van der Waals surface area contributed by atoms with Crippen LogP contribution in [0.15, 0.2) is 36.4 Å². The van der Waals surface area contributed by atoms with Gasteiger partial charge in [-0.3, -0.25) is 0 Å². The van der Waals surface area contributed by atoms with Crippen LogP contribution in [0.1, 0.15) is 96.6 Å². The molecule has 1 saturated carbocycles. The van der Waals surface area contributed by atoms with Gasteiger partial charge in [-0.1, -0.05) is 58.7 Å². The Morgan fingerprint density at radius 2 is 1.41 bits per heavy atom. The lowest BCUT2D eigenvalue weighted by Gasteiger charge is -2.42. The summed E-state index contributed by atoms with van der Waals surface area (Å²) in [6.07, 6.45) is 12.5. The van der Waals surface area contributed by atoms with Crippen LogP contribution in [0.5, 0.6) is 0 Å². The molecule has 4 aliphatic rings. The van der Waals surface area contributed by atoms with Crippen molar-refractivity contribution in [2.45, 2.75) is 96.3 Å². The second-order valence-corrected chi connectivity index (χ2v) is 14.1. The summed E-state index contributed by atoms with van der Waals surface area (Å²) in [5.74, 6) is 4.10. The molecular weight excluding hydrogens is 450 g/mol. The van der Waals surface area contributed by atoms with Crippen LogP contribution in [0.4, 0.5) is 5.82 Å². The standard InChI is InChI=1S/C34H49N3/c1-33(2)17-18-34(3,4)30-24-28(10-11-29(30)33)31-6-5-7-32(35-31)37-22-15-27(16-23-37)26-13-20-36(21-14-26)19-12-25-8-9-25/h5-7,10-11,24-27H,8-9,12-23H2,1-4H3. The van der Waals surface area contributed by atoms with Crippen molar-refractivity contribution >= 4 is 5.82 Å². The van der Waals surface area contributed by atoms with E-state index in [1.165, 1.54) is 99.9 Å². The molecule has 3 nitrogen and oxygen atoms in total. The van der Waals surface area contributed by atoms with Crippen LogP contribution >= 0.6 is 0 Å². The van der Waals surface area contributed by atoms with E-state index in [-0.39, 0.29) is 10.8 Å². The number of hydrogen-bond acceptors (Lipinski definition) is 3. The van der Waals surface area contributed by atoms with Gasteiger partial charge in [0, 0.05) is 18.7 Å². The van der Waals surface area contributed by atoms with E-state index in [9.17, 15) is 0 Å². The van der Waals surface area contributed by atoms with Crippen molar-refractivity contribution in [3.05, 3.63) is 47.5 Å². The number of likely N-dealkylation sites (tertiary alicyclic amines) is 1. The quantitative estimate of drug-likeness (QED) is 0.404. The van der Waals surface area contributed by atoms with Crippen molar-refractivity contribution in [1.29, 1.82) is 0 Å². The number of rotatable bonds is 6. The number of fused-ring (bicyclic) bond motifs is 1. The molecule has 2 aliphatic carbocycles. The third-order valence-electron chi connectivity index (χ3n) is 10.6. The highest BCUT2D eigenvalue weighted by Crippen LogP contribution is 2.46. The van der Waals surface area contributed by atoms with Crippen molar-refractivity contribution in [1.82, 2.24) is 9.88 Å². The molecule has 3 heterocycles. The molecule has 37 heavy (non-hydrogen) atoms. The van der Waals surface area contributed by atoms with E-state index >= 15 is 0 Å². The summed E-state index contributed by atoms with van der Waals surface area (Å²) in [4.78, 5) is 10.5. The third-order valence-corrected chi connectivity index (χ3v) is 10.6. The van der Waals surface area contributed by atoms with Crippen LogP contribution < -0.4 is 4.90 Å². The lowest BCUT2D eigenvalue weighted by molar-refractivity contribution is 0.132. The molecule has 1 aromatic heterocycles. The first-order chi connectivity index (χ1) is 17.8. The maximum absolute atomic E-state index is 5.21. The Balaban J connectivity index is 1.09. The van der Waals surface area contributed by atoms with Gasteiger partial charge in [0.1, 0.15) is 5.82 Å². The summed E-state index contributed by atoms with van der Waals surface area (Å²) >= 11 is 0. The molecule has 0 bridgehead atoms. The van der Waals surface area contributed by atoms with Crippen molar-refractivity contribution in [2.75, 3.05) is 37.6 Å². The Labute approximate surface area is 226 Å². The van der Waals surface area contributed by atoms with E-state index in [0.29, 0.717) is 0 Å². The van der Waals surface area contributed by atoms with Crippen molar-refractivity contribution in [3.63, 3.8) is 0 Å². The van der Waals surface area contributed by atoms with Gasteiger partial charge in [-0.2, -0.15) is 0 Å². The minimum absolute atomic E-state index is 0.230. The van der Waals surface area contributed by atoms with E-state index in [0.717, 1.165) is 36.5 Å². The van der Waals surface area contributed by atoms with Crippen molar-refractivity contribution in [2.24, 2.45) is 17.8 Å². The number of benzene rings is 1. The average molecular weight is 500 g/mol. The minimum atomic E-state index is 0.230. The summed E-state index contributed by atoms with van der Waals surface area (Å²) < 4.78 is 0. The van der Waals surface area contributed by atoms with Gasteiger partial charge >= 0.3 is 0 Å². The van der Waals surface area contributed by atoms with Crippen LogP contribution in [0.3, 0.4) is 0 Å². The molecule has 2 saturated heterocycles. The maximum Gasteiger partial charge on any atom is 0.129 e. The van der Waals surface area contributed by atoms with Gasteiger partial charge in [-0.15, -0.1) is 0 Å². The van der Waals surface area contributed by atoms with Gasteiger partial charge in [0.2, 0.25) is 0 Å². The fraction of sp³-hybridized carbons (Fsp3) is 0.676. The monoisotopic (exact) mass is 499 g/mol. The van der Waals surface area contributed by atoms with Crippen LogP contribution in [-0.2, 0) is 10.8 Å². The van der Waals surface area contributed by atoms with Crippen molar-refractivity contribution < 1.29 is 0 Å². The van der Waals surface area contributed by atoms with Crippen LogP contribution in [0.2, 0.25) is 0 Å². The van der Waals surface area contributed by atoms with Gasteiger partial charge in [0.25, 0.3) is 0 Å². The van der Waals surface area contributed by atoms with Crippen LogP contribution in [0.25, 0.3) is 11.3 Å². The summed E-state index contributed by atoms with van der Waals surface area (Å²) in [5, 5.41) is 0. The van der Waals surface area contributed by atoms with Gasteiger partial charge in [-0.05, 0) is 122 Å². The molecule has 6 rings (SSSR count). The Bertz CT molecular complexity index is 1080. The molecule has 200 valence electrons. The highest BCUT2D eigenvalue weighted by molar-refractivity contribution is 5.65. The predicted molar refractivity (Wildman–Crippen MR) is 156 cm³/mol. The third kappa shape index (κ3) is 5.49. The topological polar surface area (TPSA) is 19.4 Å². The lowest BCUT2D eigenvalue weighted by atomic mass is 9.63. The fourth-order valence-electron chi connectivity index (χ4n) is 7.53. The second-order valence-electron chi connectivity index (χ2n) is 14.1. The first kappa shape index (κ1) is 25.4. The van der Waals surface area contributed by atoms with Gasteiger partial charge in [0.05, 0.1) is 5.69 Å². The molecule has 0 amide bonds. The molecule has 0 radical (unpaired) electrons. The molecule has 3 heteroatoms. The number of nitrogens with zero attached hydrogens (tertiary/aromatic N) is 3. The second kappa shape index (κ2) is 10.0. The molecule has 0 unspecified atom stereocenters. The minimum Gasteiger partial charge on any atom is -0.357 e. The Morgan fingerprint density at radius 1 is 0.757 bits per heavy atom. The molecule has 1 aromatic carbocycles. The highest BCUT2D eigenvalue weighted by Gasteiger charge is 2.37. The Kier molecular flexibility index (Phi) is 6.88. The molecule has 3 fully saturated rings. The number of piperidine rings is 2. The first-order valence-electron chi connectivity index (χ1n) is 15.4. The van der Waals surface area contributed by atoms with Gasteiger partial charge in [0.15, 0.2) is 0 Å². The normalized spacial score (nSPS) is 24.7. The zero-order chi connectivity index (χ0) is 25.6. The lowest BCUT2D eigenvalue weighted by Crippen LogP contribution is -2.41. The van der Waals surface area contributed by atoms with Gasteiger partial charge in [-0.25, -0.2) is 4.98 Å². The molecule has 0 spiro atoms. The summed E-state index contributed by atoms with van der Waals surface area (Å²) in [6.45, 7) is 16.0. The summed E-state index contributed by atoms with van der Waals surface area (Å²) in [7, 11) is 0. The molecular formula is C34H49N3. The van der Waals surface area contributed by atoms with Crippen LogP contribution in [-0.4, -0.2) is 42.6 Å². The summed E-state index contributed by atoms with van der Waals surface area (Å²) in [6, 6.07) is 13.8. The van der Waals surface area contributed by atoms with Crippen molar-refractivity contribution in [3.8, 4) is 11.3 Å². The summed E-state index contributed by atoms with van der Waals surface area (Å²) in [5.41, 5.74) is 5.94. The largest absolute Gasteiger partial charge is 0.357 e. The fourth-order valence-corrected chi connectivity index (χ4v) is 7.53. The smallest absolute Gasteiger partial charge is 0.129 e. The zero-order valence-corrected chi connectivity index (χ0v) is 23.9. The molecule has 2 aromatic rings. The number of anilines is 1. The Hall–Kier alpha value is -1.87. The highest BCUT2D eigenvalue weighted by atomic mass is 15.2. The number of pyridine rings is 1. The van der Waals surface area contributed by atoms with Gasteiger partial charge < -0.3 is 9.80 Å². The van der Waals surface area contributed by atoms with E-state index in [4.69, 9.17) is 4.98 Å². The number of hydrogen-bond donors (Lipinski definition) is 0. The number of aromatic nitrogens is 1. The zero-order valence-electron chi connectivity index (χ0n) is 23.9. The molecule has 2 aliphatic heterocycles.